The number of hydrogen-bond donors (Lipinski definition) is 1. The SMILES string of the molecule is Cc1cc(CC(=O)NC2CCC(CCN3CCc4sc(OCC(F)F)nc4C3)CC2)no1. The summed E-state index contributed by atoms with van der Waals surface area (Å²) in [6.07, 6.45) is 4.07. The number of aryl methyl sites for hydroxylation is 1. The normalized spacial score (nSPS) is 21.5. The van der Waals surface area contributed by atoms with Crippen LogP contribution in [0.4, 0.5) is 8.78 Å². The van der Waals surface area contributed by atoms with Crippen LogP contribution in [0.1, 0.15) is 54.1 Å². The fourth-order valence-corrected chi connectivity index (χ4v) is 5.44. The standard InChI is InChI=1S/C22H30F2N4O3S/c1-14-10-17(27-31-14)11-21(29)25-16-4-2-15(3-5-16)6-8-28-9-7-19-18(12-28)26-22(32-19)30-13-20(23)24/h10,15-16,20H,2-9,11-13H2,1H3,(H,25,29). The average molecular weight is 469 g/mol. The number of aromatic nitrogens is 2. The van der Waals surface area contributed by atoms with Gasteiger partial charge in [0.05, 0.1) is 17.8 Å². The van der Waals surface area contributed by atoms with Crippen LogP contribution in [0, 0.1) is 12.8 Å². The molecule has 0 unspecified atom stereocenters. The minimum atomic E-state index is -2.48. The molecular formula is C22H30F2N4O3S. The van der Waals surface area contributed by atoms with Crippen molar-refractivity contribution in [2.75, 3.05) is 19.7 Å². The highest BCUT2D eigenvalue weighted by molar-refractivity contribution is 7.13. The molecule has 0 atom stereocenters. The summed E-state index contributed by atoms with van der Waals surface area (Å²) >= 11 is 1.40. The summed E-state index contributed by atoms with van der Waals surface area (Å²) in [6, 6.07) is 2.04. The summed E-state index contributed by atoms with van der Waals surface area (Å²) < 4.78 is 34.8. The highest BCUT2D eigenvalue weighted by Gasteiger charge is 2.25. The van der Waals surface area contributed by atoms with Crippen LogP contribution < -0.4 is 10.1 Å². The molecule has 1 aliphatic carbocycles. The van der Waals surface area contributed by atoms with Gasteiger partial charge in [-0.05, 0) is 57.9 Å². The van der Waals surface area contributed by atoms with Gasteiger partial charge in [-0.15, -0.1) is 0 Å². The number of alkyl halides is 2. The largest absolute Gasteiger partial charge is 0.464 e. The number of thiazole rings is 1. The van der Waals surface area contributed by atoms with E-state index in [0.29, 0.717) is 22.6 Å². The molecule has 0 bridgehead atoms. The first-order valence-corrected chi connectivity index (χ1v) is 12.1. The first-order valence-electron chi connectivity index (χ1n) is 11.3. The lowest BCUT2D eigenvalue weighted by molar-refractivity contribution is -0.121. The Kier molecular flexibility index (Phi) is 7.72. The number of ether oxygens (including phenoxy) is 1. The molecule has 32 heavy (non-hydrogen) atoms. The highest BCUT2D eigenvalue weighted by Crippen LogP contribution is 2.31. The van der Waals surface area contributed by atoms with Gasteiger partial charge in [0.1, 0.15) is 5.76 Å². The molecule has 176 valence electrons. The number of hydrogen-bond acceptors (Lipinski definition) is 7. The van der Waals surface area contributed by atoms with Crippen LogP contribution in [0.2, 0.25) is 0 Å². The van der Waals surface area contributed by atoms with Gasteiger partial charge in [-0.3, -0.25) is 9.69 Å². The van der Waals surface area contributed by atoms with Gasteiger partial charge in [-0.2, -0.15) is 0 Å². The topological polar surface area (TPSA) is 80.5 Å². The molecule has 10 heteroatoms. The van der Waals surface area contributed by atoms with Crippen LogP contribution in [-0.4, -0.2) is 53.1 Å². The van der Waals surface area contributed by atoms with E-state index in [9.17, 15) is 13.6 Å². The smallest absolute Gasteiger partial charge is 0.273 e. The molecule has 2 aromatic heterocycles. The quantitative estimate of drug-likeness (QED) is 0.604. The molecule has 2 aromatic rings. The zero-order valence-corrected chi connectivity index (χ0v) is 19.1. The van der Waals surface area contributed by atoms with Crippen LogP contribution >= 0.6 is 11.3 Å². The third-order valence-corrected chi connectivity index (χ3v) is 7.27. The first kappa shape index (κ1) is 23.1. The molecule has 7 nitrogen and oxygen atoms in total. The van der Waals surface area contributed by atoms with E-state index in [-0.39, 0.29) is 18.4 Å². The van der Waals surface area contributed by atoms with Gasteiger partial charge in [0, 0.05) is 30.1 Å². The molecule has 1 amide bonds. The molecule has 4 rings (SSSR count). The number of halogens is 2. The average Bonchev–Trinajstić information content (AvgIpc) is 3.36. The lowest BCUT2D eigenvalue weighted by Crippen LogP contribution is -2.39. The van der Waals surface area contributed by atoms with Crippen molar-refractivity contribution in [2.45, 2.75) is 70.9 Å². The van der Waals surface area contributed by atoms with Crippen LogP contribution in [-0.2, 0) is 24.2 Å². The molecular weight excluding hydrogens is 438 g/mol. The molecule has 3 heterocycles. The summed E-state index contributed by atoms with van der Waals surface area (Å²) in [7, 11) is 0. The molecule has 0 radical (unpaired) electrons. The number of nitrogens with one attached hydrogen (secondary N) is 1. The highest BCUT2D eigenvalue weighted by atomic mass is 32.1. The number of nitrogens with zero attached hydrogens (tertiary/aromatic N) is 3. The summed E-state index contributed by atoms with van der Waals surface area (Å²) in [6.45, 7) is 3.96. The Balaban J connectivity index is 1.14. The van der Waals surface area contributed by atoms with Crippen molar-refractivity contribution in [3.8, 4) is 5.19 Å². The zero-order chi connectivity index (χ0) is 22.5. The van der Waals surface area contributed by atoms with Crippen LogP contribution in [0.3, 0.4) is 0 Å². The van der Waals surface area contributed by atoms with Crippen molar-refractivity contribution < 1.29 is 22.8 Å². The lowest BCUT2D eigenvalue weighted by Gasteiger charge is -2.32. The van der Waals surface area contributed by atoms with Crippen molar-refractivity contribution in [3.63, 3.8) is 0 Å². The number of rotatable bonds is 9. The van der Waals surface area contributed by atoms with Crippen molar-refractivity contribution in [2.24, 2.45) is 5.92 Å². The second kappa shape index (κ2) is 10.7. The van der Waals surface area contributed by atoms with Crippen molar-refractivity contribution in [3.05, 3.63) is 28.1 Å². The maximum Gasteiger partial charge on any atom is 0.273 e. The fraction of sp³-hybridized carbons (Fsp3) is 0.682. The van der Waals surface area contributed by atoms with E-state index in [2.05, 4.69) is 20.4 Å². The maximum atomic E-state index is 12.3. The maximum absolute atomic E-state index is 12.3. The predicted molar refractivity (Wildman–Crippen MR) is 116 cm³/mol. The summed E-state index contributed by atoms with van der Waals surface area (Å²) in [5.74, 6) is 1.39. The van der Waals surface area contributed by atoms with E-state index in [1.165, 1.54) is 11.3 Å². The molecule has 0 saturated heterocycles. The lowest BCUT2D eigenvalue weighted by atomic mass is 9.84. The van der Waals surface area contributed by atoms with E-state index in [0.717, 1.165) is 68.7 Å². The number of fused-ring (bicyclic) bond motifs is 1. The Morgan fingerprint density at radius 3 is 2.91 bits per heavy atom. The third-order valence-electron chi connectivity index (χ3n) is 6.20. The van der Waals surface area contributed by atoms with Gasteiger partial charge in [0.25, 0.3) is 11.6 Å². The summed E-state index contributed by atoms with van der Waals surface area (Å²) in [5.41, 5.74) is 1.64. The van der Waals surface area contributed by atoms with E-state index in [4.69, 9.17) is 9.26 Å². The molecule has 2 aliphatic rings. The van der Waals surface area contributed by atoms with Gasteiger partial charge >= 0.3 is 0 Å². The zero-order valence-electron chi connectivity index (χ0n) is 18.3. The van der Waals surface area contributed by atoms with Crippen LogP contribution in [0.5, 0.6) is 5.19 Å². The number of carbonyl (C=O) groups excluding carboxylic acids is 1. The Labute approximate surface area is 190 Å². The second-order valence-electron chi connectivity index (χ2n) is 8.76. The van der Waals surface area contributed by atoms with E-state index in [1.54, 1.807) is 6.07 Å². The van der Waals surface area contributed by atoms with Gasteiger partial charge in [-0.25, -0.2) is 13.8 Å². The molecule has 1 aliphatic heterocycles. The fourth-order valence-electron chi connectivity index (χ4n) is 4.52. The number of amides is 1. The monoisotopic (exact) mass is 468 g/mol. The molecule has 1 fully saturated rings. The first-order chi connectivity index (χ1) is 15.4. The van der Waals surface area contributed by atoms with E-state index in [1.807, 2.05) is 6.92 Å². The Hall–Kier alpha value is -2.07. The third kappa shape index (κ3) is 6.48. The Morgan fingerprint density at radius 2 is 2.19 bits per heavy atom. The van der Waals surface area contributed by atoms with Gasteiger partial charge in [-0.1, -0.05) is 16.5 Å². The molecule has 1 saturated carbocycles. The van der Waals surface area contributed by atoms with E-state index < -0.39 is 13.0 Å². The molecule has 0 aromatic carbocycles. The van der Waals surface area contributed by atoms with Crippen molar-refractivity contribution >= 4 is 17.2 Å². The van der Waals surface area contributed by atoms with Crippen LogP contribution in [0.15, 0.2) is 10.6 Å². The van der Waals surface area contributed by atoms with Gasteiger partial charge in [0.2, 0.25) is 5.91 Å². The Bertz CT molecular complexity index is 896. The van der Waals surface area contributed by atoms with Crippen molar-refractivity contribution in [1.82, 2.24) is 20.4 Å². The molecule has 0 spiro atoms. The van der Waals surface area contributed by atoms with Gasteiger partial charge < -0.3 is 14.6 Å². The molecule has 1 N–H and O–H groups in total. The minimum Gasteiger partial charge on any atom is -0.464 e. The number of carbonyl (C=O) groups is 1. The van der Waals surface area contributed by atoms with Crippen LogP contribution in [0.25, 0.3) is 0 Å². The van der Waals surface area contributed by atoms with E-state index >= 15 is 0 Å². The Morgan fingerprint density at radius 1 is 1.38 bits per heavy atom. The van der Waals surface area contributed by atoms with Gasteiger partial charge in [0.15, 0.2) is 6.61 Å². The predicted octanol–water partition coefficient (Wildman–Crippen LogP) is 3.75. The minimum absolute atomic E-state index is 0.00559. The van der Waals surface area contributed by atoms with Crippen molar-refractivity contribution in [1.29, 1.82) is 0 Å². The second-order valence-corrected chi connectivity index (χ2v) is 9.80. The summed E-state index contributed by atoms with van der Waals surface area (Å²) in [4.78, 5) is 20.2. The summed E-state index contributed by atoms with van der Waals surface area (Å²) in [5, 5.41) is 7.37.